The molecule has 0 fully saturated rings. The molecule has 2 aromatic carbocycles. The first-order valence-electron chi connectivity index (χ1n) is 6.36. The van der Waals surface area contributed by atoms with Crippen LogP contribution < -0.4 is 9.46 Å². The van der Waals surface area contributed by atoms with Crippen LogP contribution in [0.5, 0.6) is 5.75 Å². The summed E-state index contributed by atoms with van der Waals surface area (Å²) >= 11 is 1.63. The van der Waals surface area contributed by atoms with Gasteiger partial charge < -0.3 is 9.46 Å². The van der Waals surface area contributed by atoms with E-state index in [4.69, 9.17) is 4.74 Å². The second-order valence-electron chi connectivity index (χ2n) is 4.60. The van der Waals surface area contributed by atoms with Gasteiger partial charge in [0.2, 0.25) is 0 Å². The highest BCUT2D eigenvalue weighted by molar-refractivity contribution is 8.00. The highest BCUT2D eigenvalue weighted by Gasteiger charge is 2.19. The molecule has 0 aliphatic carbocycles. The molecule has 20 heavy (non-hydrogen) atoms. The molecular weight excluding hydrogens is 268 g/mol. The van der Waals surface area contributed by atoms with E-state index in [0.717, 1.165) is 22.3 Å². The standard InChI is InChI=1S/C16H12N2OS/c1-19-13-8-9-17-15-12(13)7-6-11-10-4-2-3-5-14(10)20-18-16(11)15/h2-9,18H,1H3. The number of rotatable bonds is 1. The predicted molar refractivity (Wildman–Crippen MR) is 83.2 cm³/mol. The summed E-state index contributed by atoms with van der Waals surface area (Å²) < 4.78 is 8.83. The predicted octanol–water partition coefficient (Wildman–Crippen LogP) is 4.34. The van der Waals surface area contributed by atoms with Crippen LogP contribution in [-0.2, 0) is 0 Å². The van der Waals surface area contributed by atoms with Crippen LogP contribution in [-0.4, -0.2) is 12.1 Å². The Morgan fingerprint density at radius 1 is 1.05 bits per heavy atom. The van der Waals surface area contributed by atoms with Gasteiger partial charge in [-0.25, -0.2) is 0 Å². The first-order valence-corrected chi connectivity index (χ1v) is 7.18. The average molecular weight is 280 g/mol. The SMILES string of the molecule is COc1ccnc2c3c(ccc12)-c1ccccc1SN3. The minimum absolute atomic E-state index is 0.850. The number of pyridine rings is 1. The summed E-state index contributed by atoms with van der Waals surface area (Å²) in [6.45, 7) is 0. The Bertz CT molecular complexity index is 817. The Morgan fingerprint density at radius 2 is 1.95 bits per heavy atom. The van der Waals surface area contributed by atoms with Crippen LogP contribution in [0.4, 0.5) is 5.69 Å². The number of nitrogens with one attached hydrogen (secondary N) is 1. The van der Waals surface area contributed by atoms with E-state index < -0.39 is 0 Å². The van der Waals surface area contributed by atoms with E-state index in [9.17, 15) is 0 Å². The number of anilines is 1. The molecule has 0 bridgehead atoms. The van der Waals surface area contributed by atoms with Crippen LogP contribution in [0.3, 0.4) is 0 Å². The summed E-state index contributed by atoms with van der Waals surface area (Å²) in [5, 5.41) is 1.03. The average Bonchev–Trinajstić information content (AvgIpc) is 2.53. The maximum atomic E-state index is 5.41. The minimum atomic E-state index is 0.850. The zero-order chi connectivity index (χ0) is 13.5. The first-order chi connectivity index (χ1) is 9.88. The zero-order valence-electron chi connectivity index (χ0n) is 10.9. The highest BCUT2D eigenvalue weighted by atomic mass is 32.2. The van der Waals surface area contributed by atoms with Gasteiger partial charge in [0.1, 0.15) is 5.75 Å². The molecule has 3 nitrogen and oxygen atoms in total. The Hall–Kier alpha value is -2.20. The van der Waals surface area contributed by atoms with Crippen molar-refractivity contribution >= 4 is 28.5 Å². The second-order valence-corrected chi connectivity index (χ2v) is 5.45. The summed E-state index contributed by atoms with van der Waals surface area (Å²) in [6.07, 6.45) is 1.79. The molecule has 3 aromatic rings. The van der Waals surface area contributed by atoms with E-state index >= 15 is 0 Å². The molecule has 1 aromatic heterocycles. The molecule has 0 radical (unpaired) electrons. The number of hydrogen-bond donors (Lipinski definition) is 1. The van der Waals surface area contributed by atoms with Crippen LogP contribution in [0.2, 0.25) is 0 Å². The number of benzene rings is 2. The van der Waals surface area contributed by atoms with Crippen molar-refractivity contribution in [3.8, 4) is 16.9 Å². The van der Waals surface area contributed by atoms with E-state index in [2.05, 4.69) is 46.1 Å². The lowest BCUT2D eigenvalue weighted by Crippen LogP contribution is -2.00. The molecule has 98 valence electrons. The van der Waals surface area contributed by atoms with Crippen LogP contribution in [0.25, 0.3) is 22.0 Å². The lowest BCUT2D eigenvalue weighted by molar-refractivity contribution is 0.419. The van der Waals surface area contributed by atoms with Crippen molar-refractivity contribution in [2.45, 2.75) is 4.90 Å². The summed E-state index contributed by atoms with van der Waals surface area (Å²) in [4.78, 5) is 5.76. The Labute approximate surface area is 121 Å². The molecule has 0 saturated heterocycles. The Balaban J connectivity index is 2.05. The topological polar surface area (TPSA) is 34.1 Å². The fraction of sp³-hybridized carbons (Fsp3) is 0.0625. The van der Waals surface area contributed by atoms with Gasteiger partial charge in [-0.15, -0.1) is 0 Å². The molecule has 4 heteroatoms. The van der Waals surface area contributed by atoms with Crippen LogP contribution in [0.15, 0.2) is 53.6 Å². The molecule has 1 aliphatic heterocycles. The van der Waals surface area contributed by atoms with Crippen molar-refractivity contribution in [2.75, 3.05) is 11.8 Å². The lowest BCUT2D eigenvalue weighted by Gasteiger charge is -2.21. The fourth-order valence-electron chi connectivity index (χ4n) is 2.58. The van der Waals surface area contributed by atoms with Crippen molar-refractivity contribution in [3.63, 3.8) is 0 Å². The normalized spacial score (nSPS) is 12.4. The number of hydrogen-bond acceptors (Lipinski definition) is 4. The third-order valence-corrected chi connectivity index (χ3v) is 4.42. The van der Waals surface area contributed by atoms with Crippen molar-refractivity contribution in [1.82, 2.24) is 4.98 Å². The summed E-state index contributed by atoms with van der Waals surface area (Å²) in [7, 11) is 1.69. The number of methoxy groups -OCH3 is 1. The van der Waals surface area contributed by atoms with E-state index in [1.807, 2.05) is 6.07 Å². The van der Waals surface area contributed by atoms with Gasteiger partial charge in [-0.3, -0.25) is 4.98 Å². The molecular formula is C16H12N2OS. The molecule has 1 aliphatic rings. The molecule has 4 rings (SSSR count). The molecule has 0 atom stereocenters. The van der Waals surface area contributed by atoms with Gasteiger partial charge in [0.25, 0.3) is 0 Å². The minimum Gasteiger partial charge on any atom is -0.496 e. The van der Waals surface area contributed by atoms with Crippen molar-refractivity contribution in [3.05, 3.63) is 48.7 Å². The van der Waals surface area contributed by atoms with E-state index in [-0.39, 0.29) is 0 Å². The number of nitrogens with zero attached hydrogens (tertiary/aromatic N) is 1. The molecule has 2 heterocycles. The van der Waals surface area contributed by atoms with Gasteiger partial charge in [0.05, 0.1) is 18.3 Å². The van der Waals surface area contributed by atoms with Gasteiger partial charge in [0.15, 0.2) is 0 Å². The maximum absolute atomic E-state index is 5.41. The Morgan fingerprint density at radius 3 is 2.85 bits per heavy atom. The second kappa shape index (κ2) is 4.42. The fourth-order valence-corrected chi connectivity index (χ4v) is 3.44. The van der Waals surface area contributed by atoms with E-state index in [0.29, 0.717) is 0 Å². The number of ether oxygens (including phenoxy) is 1. The molecule has 1 N–H and O–H groups in total. The van der Waals surface area contributed by atoms with Gasteiger partial charge in [-0.1, -0.05) is 24.3 Å². The summed E-state index contributed by atoms with van der Waals surface area (Å²) in [5.74, 6) is 0.850. The monoisotopic (exact) mass is 280 g/mol. The van der Waals surface area contributed by atoms with Gasteiger partial charge in [0, 0.05) is 22.0 Å². The summed E-state index contributed by atoms with van der Waals surface area (Å²) in [6, 6.07) is 14.5. The molecule has 0 unspecified atom stereocenters. The quantitative estimate of drug-likeness (QED) is 0.672. The Kier molecular flexibility index (Phi) is 2.57. The zero-order valence-corrected chi connectivity index (χ0v) is 11.7. The van der Waals surface area contributed by atoms with Gasteiger partial charge in [-0.2, -0.15) is 0 Å². The van der Waals surface area contributed by atoms with Crippen molar-refractivity contribution in [2.24, 2.45) is 0 Å². The number of aromatic nitrogens is 1. The molecule has 0 amide bonds. The van der Waals surface area contributed by atoms with Crippen LogP contribution in [0.1, 0.15) is 0 Å². The maximum Gasteiger partial charge on any atom is 0.129 e. The van der Waals surface area contributed by atoms with Gasteiger partial charge >= 0.3 is 0 Å². The highest BCUT2D eigenvalue weighted by Crippen LogP contribution is 2.45. The van der Waals surface area contributed by atoms with Crippen LogP contribution in [0, 0.1) is 0 Å². The van der Waals surface area contributed by atoms with Crippen LogP contribution >= 0.6 is 11.9 Å². The molecule has 0 saturated carbocycles. The summed E-state index contributed by atoms with van der Waals surface area (Å²) in [5.41, 5.74) is 4.44. The largest absolute Gasteiger partial charge is 0.496 e. The first kappa shape index (κ1) is 11.6. The van der Waals surface area contributed by atoms with E-state index in [1.165, 1.54) is 16.0 Å². The lowest BCUT2D eigenvalue weighted by atomic mass is 10.0. The third kappa shape index (κ3) is 1.58. The van der Waals surface area contributed by atoms with Crippen molar-refractivity contribution < 1.29 is 4.74 Å². The number of fused-ring (bicyclic) bond motifs is 5. The van der Waals surface area contributed by atoms with Crippen molar-refractivity contribution in [1.29, 1.82) is 0 Å². The molecule has 0 spiro atoms. The third-order valence-electron chi connectivity index (χ3n) is 3.53. The van der Waals surface area contributed by atoms with E-state index in [1.54, 1.807) is 25.3 Å². The smallest absolute Gasteiger partial charge is 0.129 e. The van der Waals surface area contributed by atoms with Gasteiger partial charge in [-0.05, 0) is 35.7 Å².